The molecule has 1 spiro atoms. The minimum atomic E-state index is 0.0326. The van der Waals surface area contributed by atoms with E-state index in [1.807, 2.05) is 0 Å². The van der Waals surface area contributed by atoms with E-state index in [2.05, 4.69) is 182 Å². The molecule has 49 heavy (non-hydrogen) atoms. The number of halogens is 1. The van der Waals surface area contributed by atoms with E-state index in [9.17, 15) is 0 Å². The highest BCUT2D eigenvalue weighted by atomic mass is 35.5. The van der Waals surface area contributed by atoms with E-state index in [1.165, 1.54) is 41.5 Å². The van der Waals surface area contributed by atoms with Gasteiger partial charge in [0.2, 0.25) is 0 Å². The molecule has 3 aliphatic rings. The lowest BCUT2D eigenvalue weighted by molar-refractivity contribution is 0.0990. The molecule has 0 aliphatic heterocycles. The lowest BCUT2D eigenvalue weighted by Gasteiger charge is -2.48. The van der Waals surface area contributed by atoms with Crippen LogP contribution >= 0.6 is 11.6 Å². The topological polar surface area (TPSA) is 6.48 Å². The summed E-state index contributed by atoms with van der Waals surface area (Å²) in [5, 5.41) is 0.693. The van der Waals surface area contributed by atoms with Crippen molar-refractivity contribution in [2.75, 3.05) is 9.80 Å². The van der Waals surface area contributed by atoms with Crippen molar-refractivity contribution < 1.29 is 0 Å². The molecule has 0 amide bonds. The van der Waals surface area contributed by atoms with Crippen LogP contribution in [-0.4, -0.2) is 0 Å². The maximum atomic E-state index is 7.60. The first-order valence-corrected chi connectivity index (χ1v) is 18.0. The number of nitrogens with zero attached hydrogens (tertiary/aromatic N) is 2. The van der Waals surface area contributed by atoms with E-state index >= 15 is 0 Å². The summed E-state index contributed by atoms with van der Waals surface area (Å²) in [6.45, 7) is 7.66. The van der Waals surface area contributed by atoms with Crippen molar-refractivity contribution in [2.45, 2.75) is 45.4 Å². The third kappa shape index (κ3) is 4.20. The summed E-state index contributed by atoms with van der Waals surface area (Å²) in [6.07, 6.45) is 3.84. The quantitative estimate of drug-likeness (QED) is 0.176. The molecule has 9 rings (SSSR count). The summed E-state index contributed by atoms with van der Waals surface area (Å²) in [6, 6.07) is 54.5. The Labute approximate surface area is 295 Å². The van der Waals surface area contributed by atoms with Gasteiger partial charge in [0.05, 0.1) is 16.4 Å². The molecule has 3 atom stereocenters. The molecule has 6 aromatic carbocycles. The molecule has 2 saturated carbocycles. The van der Waals surface area contributed by atoms with Gasteiger partial charge in [-0.1, -0.05) is 123 Å². The van der Waals surface area contributed by atoms with E-state index in [-0.39, 0.29) is 16.2 Å². The summed E-state index contributed by atoms with van der Waals surface area (Å²) < 4.78 is 0. The van der Waals surface area contributed by atoms with Gasteiger partial charge in [-0.2, -0.15) is 0 Å². The minimum absolute atomic E-state index is 0.0326. The Morgan fingerprint density at radius 1 is 0.531 bits per heavy atom. The zero-order valence-corrected chi connectivity index (χ0v) is 29.2. The maximum absolute atomic E-state index is 7.60. The molecule has 2 bridgehead atoms. The predicted molar refractivity (Wildman–Crippen MR) is 206 cm³/mol. The van der Waals surface area contributed by atoms with Crippen molar-refractivity contribution >= 4 is 45.7 Å². The molecule has 6 aromatic rings. The molecule has 2 nitrogen and oxygen atoms in total. The third-order valence-electron chi connectivity index (χ3n) is 12.8. The van der Waals surface area contributed by atoms with Crippen molar-refractivity contribution in [3.8, 4) is 11.1 Å². The number of anilines is 6. The fourth-order valence-electron chi connectivity index (χ4n) is 10.1. The van der Waals surface area contributed by atoms with E-state index in [0.29, 0.717) is 5.02 Å². The second-order valence-electron chi connectivity index (χ2n) is 15.0. The predicted octanol–water partition coefficient (Wildman–Crippen LogP) is 13.4. The lowest BCUT2D eigenvalue weighted by Crippen LogP contribution is -2.44. The highest BCUT2D eigenvalue weighted by molar-refractivity contribution is 6.36. The highest BCUT2D eigenvalue weighted by Gasteiger charge is 2.71. The Bertz CT molecular complexity index is 2140. The van der Waals surface area contributed by atoms with Crippen LogP contribution in [-0.2, 0) is 5.41 Å². The van der Waals surface area contributed by atoms with Crippen molar-refractivity contribution in [3.63, 3.8) is 0 Å². The van der Waals surface area contributed by atoms with Gasteiger partial charge >= 0.3 is 0 Å². The number of para-hydroxylation sites is 3. The van der Waals surface area contributed by atoms with Crippen molar-refractivity contribution in [2.24, 2.45) is 16.7 Å². The highest BCUT2D eigenvalue weighted by Crippen LogP contribution is 2.78. The summed E-state index contributed by atoms with van der Waals surface area (Å²) in [5.74, 6) is 0.732. The number of hydrogen-bond donors (Lipinski definition) is 0. The summed E-state index contributed by atoms with van der Waals surface area (Å²) in [7, 11) is 0. The number of hydrogen-bond acceptors (Lipinski definition) is 2. The van der Waals surface area contributed by atoms with Crippen LogP contribution in [0.5, 0.6) is 0 Å². The summed E-state index contributed by atoms with van der Waals surface area (Å²) in [5.41, 5.74) is 12.4. The van der Waals surface area contributed by atoms with E-state index in [4.69, 9.17) is 11.6 Å². The molecule has 0 N–H and O–H groups in total. The first kappa shape index (κ1) is 30.3. The van der Waals surface area contributed by atoms with Crippen LogP contribution in [0.1, 0.15) is 51.2 Å². The Kier molecular flexibility index (Phi) is 6.87. The van der Waals surface area contributed by atoms with Crippen molar-refractivity contribution in [1.29, 1.82) is 0 Å². The van der Waals surface area contributed by atoms with Gasteiger partial charge in [-0.15, -0.1) is 0 Å². The fraction of sp³-hybridized carbons (Fsp3) is 0.217. The molecule has 0 aromatic heterocycles. The lowest BCUT2D eigenvalue weighted by atomic mass is 9.55. The average molecular weight is 657 g/mol. The summed E-state index contributed by atoms with van der Waals surface area (Å²) >= 11 is 7.60. The smallest absolute Gasteiger partial charge is 0.0887 e. The van der Waals surface area contributed by atoms with Gasteiger partial charge in [0, 0.05) is 28.2 Å². The number of fused-ring (bicyclic) bond motifs is 8. The molecule has 2 fully saturated rings. The van der Waals surface area contributed by atoms with Gasteiger partial charge in [0.15, 0.2) is 0 Å². The zero-order chi connectivity index (χ0) is 33.4. The summed E-state index contributed by atoms with van der Waals surface area (Å²) in [4.78, 5) is 4.58. The monoisotopic (exact) mass is 656 g/mol. The Morgan fingerprint density at radius 3 is 1.57 bits per heavy atom. The van der Waals surface area contributed by atoms with Crippen molar-refractivity contribution in [1.82, 2.24) is 0 Å². The van der Waals surface area contributed by atoms with Crippen LogP contribution in [0.15, 0.2) is 152 Å². The maximum Gasteiger partial charge on any atom is 0.0887 e. The van der Waals surface area contributed by atoms with Crippen LogP contribution in [0, 0.1) is 16.7 Å². The normalized spacial score (nSPS) is 22.6. The molecule has 3 aliphatic carbocycles. The first-order valence-electron chi connectivity index (χ1n) is 17.6. The molecule has 3 heteroatoms. The van der Waals surface area contributed by atoms with Crippen LogP contribution < -0.4 is 9.80 Å². The molecular formula is C46H41ClN2. The van der Waals surface area contributed by atoms with Gasteiger partial charge in [0.25, 0.3) is 0 Å². The number of benzene rings is 6. The van der Waals surface area contributed by atoms with Gasteiger partial charge in [-0.3, -0.25) is 0 Å². The zero-order valence-electron chi connectivity index (χ0n) is 28.4. The van der Waals surface area contributed by atoms with Gasteiger partial charge < -0.3 is 9.80 Å². The molecule has 0 saturated heterocycles. The van der Waals surface area contributed by atoms with Crippen LogP contribution in [0.2, 0.25) is 5.02 Å². The standard InChI is InChI=1S/C46H41ClN2/c1-44(2)32-28-29-45(44,3)46(31-32)39-23-14-13-22-37(39)38-30-36(26-27-40(38)46)49(35-20-11-6-12-21-35)42-25-15-24-41(43(42)47)48(33-16-7-4-8-17-33)34-18-9-5-10-19-34/h4-27,30,32H,28-29,31H2,1-3H3. The fourth-order valence-corrected chi connectivity index (χ4v) is 10.4. The second-order valence-corrected chi connectivity index (χ2v) is 15.3. The third-order valence-corrected chi connectivity index (χ3v) is 13.2. The average Bonchev–Trinajstić information content (AvgIpc) is 3.62. The van der Waals surface area contributed by atoms with Crippen molar-refractivity contribution in [3.05, 3.63) is 168 Å². The van der Waals surface area contributed by atoms with Gasteiger partial charge in [-0.05, 0) is 119 Å². The molecular weight excluding hydrogens is 616 g/mol. The Balaban J connectivity index is 1.24. The largest absolute Gasteiger partial charge is 0.309 e. The first-order chi connectivity index (χ1) is 23.8. The molecule has 3 unspecified atom stereocenters. The Hall–Kier alpha value is -4.79. The van der Waals surface area contributed by atoms with Crippen LogP contribution in [0.3, 0.4) is 0 Å². The molecule has 0 radical (unpaired) electrons. The SMILES string of the molecule is CC1(C)C2CCC1(C)C1(C2)c2ccccc2-c2cc(N(c3ccccc3)c3cccc(N(c4ccccc4)c4ccccc4)c3Cl)ccc21. The van der Waals surface area contributed by atoms with Gasteiger partial charge in [-0.25, -0.2) is 0 Å². The van der Waals surface area contributed by atoms with E-state index in [0.717, 1.165) is 40.0 Å². The van der Waals surface area contributed by atoms with Gasteiger partial charge in [0.1, 0.15) is 0 Å². The molecule has 242 valence electrons. The van der Waals surface area contributed by atoms with Crippen LogP contribution in [0.4, 0.5) is 34.1 Å². The molecule has 0 heterocycles. The van der Waals surface area contributed by atoms with Crippen LogP contribution in [0.25, 0.3) is 11.1 Å². The second kappa shape index (κ2) is 11.1. The minimum Gasteiger partial charge on any atom is -0.309 e. The van der Waals surface area contributed by atoms with E-state index in [1.54, 1.807) is 0 Å². The number of rotatable bonds is 6. The Morgan fingerprint density at radius 2 is 1.04 bits per heavy atom. The van der Waals surface area contributed by atoms with E-state index < -0.39 is 0 Å².